The standard InChI is InChI=1S/C19H20ClN3O2S/c20-16-7-1-2-8-17(16)25-12-10-21-19(26)22-14-5-3-6-15(13-14)23-11-4-9-18(23)24/h1-3,5-8,13H,4,9-12H2,(H2,21,22,26). The molecule has 0 radical (unpaired) electrons. The van der Waals surface area contributed by atoms with Crippen LogP contribution in [0.5, 0.6) is 5.75 Å². The van der Waals surface area contributed by atoms with Gasteiger partial charge in [0, 0.05) is 24.3 Å². The summed E-state index contributed by atoms with van der Waals surface area (Å²) < 4.78 is 5.61. The summed E-state index contributed by atoms with van der Waals surface area (Å²) in [6.07, 6.45) is 1.52. The van der Waals surface area contributed by atoms with Crippen LogP contribution in [0.1, 0.15) is 12.8 Å². The molecule has 0 atom stereocenters. The largest absolute Gasteiger partial charge is 0.490 e. The fourth-order valence-corrected chi connectivity index (χ4v) is 3.15. The number of hydrogen-bond acceptors (Lipinski definition) is 3. The minimum absolute atomic E-state index is 0.166. The van der Waals surface area contributed by atoms with Crippen molar-refractivity contribution in [1.82, 2.24) is 5.32 Å². The van der Waals surface area contributed by atoms with Crippen LogP contribution in [0.3, 0.4) is 0 Å². The summed E-state index contributed by atoms with van der Waals surface area (Å²) in [6.45, 7) is 1.75. The van der Waals surface area contributed by atoms with Gasteiger partial charge in [0.1, 0.15) is 12.4 Å². The number of nitrogens with zero attached hydrogens (tertiary/aromatic N) is 1. The predicted molar refractivity (Wildman–Crippen MR) is 109 cm³/mol. The molecule has 2 N–H and O–H groups in total. The summed E-state index contributed by atoms with van der Waals surface area (Å²) in [5.41, 5.74) is 1.73. The van der Waals surface area contributed by atoms with Gasteiger partial charge in [-0.2, -0.15) is 0 Å². The van der Waals surface area contributed by atoms with Gasteiger partial charge in [0.05, 0.1) is 11.6 Å². The van der Waals surface area contributed by atoms with Crippen LogP contribution in [0, 0.1) is 0 Å². The van der Waals surface area contributed by atoms with E-state index >= 15 is 0 Å². The maximum absolute atomic E-state index is 11.9. The van der Waals surface area contributed by atoms with E-state index in [1.807, 2.05) is 42.5 Å². The Morgan fingerprint density at radius 3 is 2.85 bits per heavy atom. The molecule has 0 spiro atoms. The Labute approximate surface area is 163 Å². The Morgan fingerprint density at radius 1 is 1.23 bits per heavy atom. The molecule has 1 saturated heterocycles. The van der Waals surface area contributed by atoms with Crippen LogP contribution in [0.25, 0.3) is 0 Å². The van der Waals surface area contributed by atoms with E-state index in [0.29, 0.717) is 35.5 Å². The predicted octanol–water partition coefficient (Wildman–Crippen LogP) is 3.83. The maximum atomic E-state index is 11.9. The first-order valence-electron chi connectivity index (χ1n) is 8.46. The van der Waals surface area contributed by atoms with Crippen LogP contribution in [-0.4, -0.2) is 30.7 Å². The summed E-state index contributed by atoms with van der Waals surface area (Å²) in [5.74, 6) is 0.817. The number of hydrogen-bond donors (Lipinski definition) is 2. The van der Waals surface area contributed by atoms with Gasteiger partial charge in [-0.1, -0.05) is 29.8 Å². The first-order valence-corrected chi connectivity index (χ1v) is 9.25. The van der Waals surface area contributed by atoms with Crippen molar-refractivity contribution in [2.24, 2.45) is 0 Å². The Kier molecular flexibility index (Phi) is 6.30. The lowest BCUT2D eigenvalue weighted by Gasteiger charge is -2.17. The average molecular weight is 390 g/mol. The van der Waals surface area contributed by atoms with Gasteiger partial charge in [-0.3, -0.25) is 4.79 Å². The number of halogens is 1. The van der Waals surface area contributed by atoms with E-state index in [1.165, 1.54) is 0 Å². The molecular weight excluding hydrogens is 370 g/mol. The minimum atomic E-state index is 0.166. The molecule has 0 unspecified atom stereocenters. The first-order chi connectivity index (χ1) is 12.6. The summed E-state index contributed by atoms with van der Waals surface area (Å²) in [7, 11) is 0. The van der Waals surface area contributed by atoms with E-state index in [1.54, 1.807) is 11.0 Å². The number of ether oxygens (including phenoxy) is 1. The van der Waals surface area contributed by atoms with Gasteiger partial charge >= 0.3 is 0 Å². The van der Waals surface area contributed by atoms with E-state index in [0.717, 1.165) is 24.3 Å². The Hall–Kier alpha value is -2.31. The van der Waals surface area contributed by atoms with Crippen molar-refractivity contribution in [2.45, 2.75) is 12.8 Å². The Bertz CT molecular complexity index is 800. The molecule has 26 heavy (non-hydrogen) atoms. The van der Waals surface area contributed by atoms with Crippen molar-refractivity contribution < 1.29 is 9.53 Å². The molecule has 0 saturated carbocycles. The van der Waals surface area contributed by atoms with Crippen molar-refractivity contribution in [1.29, 1.82) is 0 Å². The van der Waals surface area contributed by atoms with Gasteiger partial charge < -0.3 is 20.3 Å². The van der Waals surface area contributed by atoms with Gasteiger partial charge in [-0.15, -0.1) is 0 Å². The van der Waals surface area contributed by atoms with Gasteiger partial charge in [0.2, 0.25) is 5.91 Å². The minimum Gasteiger partial charge on any atom is -0.490 e. The molecule has 0 aliphatic carbocycles. The molecule has 5 nitrogen and oxygen atoms in total. The van der Waals surface area contributed by atoms with Gasteiger partial charge in [0.15, 0.2) is 5.11 Å². The highest BCUT2D eigenvalue weighted by atomic mass is 35.5. The fourth-order valence-electron chi connectivity index (χ4n) is 2.74. The van der Waals surface area contributed by atoms with Gasteiger partial charge in [-0.25, -0.2) is 0 Å². The number of para-hydroxylation sites is 1. The number of carbonyl (C=O) groups is 1. The van der Waals surface area contributed by atoms with Crippen molar-refractivity contribution in [3.63, 3.8) is 0 Å². The monoisotopic (exact) mass is 389 g/mol. The molecule has 2 aromatic rings. The van der Waals surface area contributed by atoms with E-state index in [2.05, 4.69) is 10.6 Å². The molecule has 3 rings (SSSR count). The lowest BCUT2D eigenvalue weighted by Crippen LogP contribution is -2.32. The average Bonchev–Trinajstić information content (AvgIpc) is 3.06. The van der Waals surface area contributed by atoms with E-state index < -0.39 is 0 Å². The van der Waals surface area contributed by atoms with Gasteiger partial charge in [0.25, 0.3) is 0 Å². The van der Waals surface area contributed by atoms with Crippen molar-refractivity contribution in [2.75, 3.05) is 29.9 Å². The number of nitrogens with one attached hydrogen (secondary N) is 2. The Morgan fingerprint density at radius 2 is 2.08 bits per heavy atom. The summed E-state index contributed by atoms with van der Waals surface area (Å²) in [4.78, 5) is 13.7. The molecule has 2 aromatic carbocycles. The van der Waals surface area contributed by atoms with E-state index in [-0.39, 0.29) is 5.91 Å². The van der Waals surface area contributed by atoms with Crippen LogP contribution in [0.15, 0.2) is 48.5 Å². The lowest BCUT2D eigenvalue weighted by molar-refractivity contribution is -0.117. The highest BCUT2D eigenvalue weighted by Gasteiger charge is 2.21. The summed E-state index contributed by atoms with van der Waals surface area (Å²) >= 11 is 11.3. The second-order valence-corrected chi connectivity index (χ2v) is 6.67. The highest BCUT2D eigenvalue weighted by molar-refractivity contribution is 7.80. The maximum Gasteiger partial charge on any atom is 0.227 e. The number of amides is 1. The van der Waals surface area contributed by atoms with Crippen LogP contribution in [0.2, 0.25) is 5.02 Å². The lowest BCUT2D eigenvalue weighted by atomic mass is 10.2. The molecule has 0 aromatic heterocycles. The van der Waals surface area contributed by atoms with Crippen molar-refractivity contribution in [3.05, 3.63) is 53.6 Å². The van der Waals surface area contributed by atoms with Crippen LogP contribution < -0.4 is 20.3 Å². The first kappa shape index (κ1) is 18.5. The molecule has 1 fully saturated rings. The second-order valence-electron chi connectivity index (χ2n) is 5.86. The molecule has 136 valence electrons. The zero-order valence-corrected chi connectivity index (χ0v) is 15.8. The summed E-state index contributed by atoms with van der Waals surface area (Å²) in [5, 5.41) is 7.30. The van der Waals surface area contributed by atoms with Crippen LogP contribution in [0.4, 0.5) is 11.4 Å². The number of carbonyl (C=O) groups excluding carboxylic acids is 1. The molecule has 1 aliphatic heterocycles. The topological polar surface area (TPSA) is 53.6 Å². The smallest absolute Gasteiger partial charge is 0.227 e. The third-order valence-corrected chi connectivity index (χ3v) is 4.53. The van der Waals surface area contributed by atoms with Crippen LogP contribution in [-0.2, 0) is 4.79 Å². The molecule has 7 heteroatoms. The Balaban J connectivity index is 1.46. The quantitative estimate of drug-likeness (QED) is 0.581. The SMILES string of the molecule is O=C1CCCN1c1cccc(NC(=S)NCCOc2ccccc2Cl)c1. The van der Waals surface area contributed by atoms with Crippen LogP contribution >= 0.6 is 23.8 Å². The third-order valence-electron chi connectivity index (χ3n) is 3.97. The van der Waals surface area contributed by atoms with Gasteiger partial charge in [-0.05, 0) is 49.0 Å². The van der Waals surface area contributed by atoms with Crippen molar-refractivity contribution in [3.8, 4) is 5.75 Å². The zero-order valence-electron chi connectivity index (χ0n) is 14.2. The molecular formula is C19H20ClN3O2S. The summed E-state index contributed by atoms with van der Waals surface area (Å²) in [6, 6.07) is 15.0. The van der Waals surface area contributed by atoms with E-state index in [4.69, 9.17) is 28.6 Å². The number of rotatable bonds is 6. The molecule has 1 heterocycles. The van der Waals surface area contributed by atoms with E-state index in [9.17, 15) is 4.79 Å². The molecule has 0 bridgehead atoms. The number of benzene rings is 2. The molecule has 1 aliphatic rings. The highest BCUT2D eigenvalue weighted by Crippen LogP contribution is 2.24. The fraction of sp³-hybridized carbons (Fsp3) is 0.263. The number of thiocarbonyl (C=S) groups is 1. The van der Waals surface area contributed by atoms with Crippen molar-refractivity contribution >= 4 is 46.2 Å². The third kappa shape index (κ3) is 4.86. The normalized spacial score (nSPS) is 13.6. The zero-order chi connectivity index (χ0) is 18.4. The number of anilines is 2. The molecule has 1 amide bonds. The second kappa shape index (κ2) is 8.87.